The second-order valence-electron chi connectivity index (χ2n) is 6.26. The molecule has 0 aliphatic rings. The first-order chi connectivity index (χ1) is 14.0. The van der Waals surface area contributed by atoms with Crippen LogP contribution in [0.25, 0.3) is 10.8 Å². The molecule has 0 heterocycles. The van der Waals surface area contributed by atoms with E-state index in [-0.39, 0.29) is 24.2 Å². The number of hydrogen-bond donors (Lipinski definition) is 1. The molecular formula is C22H22F3N. The minimum atomic E-state index is -4.46. The summed E-state index contributed by atoms with van der Waals surface area (Å²) in [5, 5.41) is 4.87. The monoisotopic (exact) mass is 361 g/mol. The fraction of sp³-hybridized carbons (Fsp3) is 0.273. The van der Waals surface area contributed by atoms with Gasteiger partial charge in [0.05, 0.1) is 11.0 Å². The third kappa shape index (κ3) is 4.44. The van der Waals surface area contributed by atoms with Crippen molar-refractivity contribution in [3.63, 3.8) is 0 Å². The molecule has 3 aromatic carbocycles. The average Bonchev–Trinajstić information content (AvgIpc) is 2.64. The number of hydrogen-bond acceptors (Lipinski definition) is 1. The second-order valence-corrected chi connectivity index (χ2v) is 6.26. The summed E-state index contributed by atoms with van der Waals surface area (Å²) in [6, 6.07) is 10.2. The van der Waals surface area contributed by atoms with Gasteiger partial charge in [-0.3, -0.25) is 0 Å². The van der Waals surface area contributed by atoms with Crippen LogP contribution in [-0.4, -0.2) is 6.54 Å². The van der Waals surface area contributed by atoms with Crippen LogP contribution in [0.3, 0.4) is 0 Å². The van der Waals surface area contributed by atoms with Crippen molar-refractivity contribution in [2.24, 2.45) is 0 Å². The molecule has 0 unspecified atom stereocenters. The van der Waals surface area contributed by atoms with E-state index in [2.05, 4.69) is 5.32 Å². The van der Waals surface area contributed by atoms with Crippen LogP contribution < -0.4 is 5.32 Å². The lowest BCUT2D eigenvalue weighted by atomic mass is 9.99. The fourth-order valence-corrected chi connectivity index (χ4v) is 2.97. The summed E-state index contributed by atoms with van der Waals surface area (Å²) in [5.41, 5.74) is 0.522. The Kier molecular flexibility index (Phi) is 4.21. The number of nitrogens with one attached hydrogen (secondary N) is 1. The molecule has 0 amide bonds. The molecule has 0 radical (unpaired) electrons. The predicted molar refractivity (Wildman–Crippen MR) is 100 cm³/mol. The van der Waals surface area contributed by atoms with Crippen molar-refractivity contribution < 1.29 is 18.7 Å². The molecule has 0 aliphatic heterocycles. The van der Waals surface area contributed by atoms with Crippen LogP contribution in [0, 0.1) is 0 Å². The van der Waals surface area contributed by atoms with Gasteiger partial charge in [-0.15, -0.1) is 0 Å². The molecule has 1 N–H and O–H groups in total. The zero-order valence-electron chi connectivity index (χ0n) is 18.4. The zero-order valence-corrected chi connectivity index (χ0v) is 14.4. The Hall–Kier alpha value is -2.33. The third-order valence-electron chi connectivity index (χ3n) is 4.36. The number of aryl methyl sites for hydroxylation is 1. The SMILES string of the molecule is [2H]c1cc(CCCN[C@H](C)c2cc([2H])cc3cc([2H])c([2H])cc23)cc(C(F)(F)F)c1. The van der Waals surface area contributed by atoms with E-state index in [0.29, 0.717) is 31.0 Å². The van der Waals surface area contributed by atoms with Gasteiger partial charge in [-0.25, -0.2) is 0 Å². The number of halogens is 3. The molecule has 1 atom stereocenters. The van der Waals surface area contributed by atoms with Crippen LogP contribution >= 0.6 is 0 Å². The Morgan fingerprint density at radius 1 is 1.00 bits per heavy atom. The van der Waals surface area contributed by atoms with E-state index >= 15 is 0 Å². The summed E-state index contributed by atoms with van der Waals surface area (Å²) in [7, 11) is 0. The van der Waals surface area contributed by atoms with E-state index in [9.17, 15) is 13.2 Å². The predicted octanol–water partition coefficient (Wildman–Crippen LogP) is 6.14. The van der Waals surface area contributed by atoms with Gasteiger partial charge in [0, 0.05) is 6.04 Å². The second kappa shape index (κ2) is 7.92. The minimum absolute atomic E-state index is 0.106. The van der Waals surface area contributed by atoms with Crippen LogP contribution in [0.5, 0.6) is 0 Å². The van der Waals surface area contributed by atoms with Gasteiger partial charge in [-0.2, -0.15) is 13.2 Å². The fourth-order valence-electron chi connectivity index (χ4n) is 2.97. The highest BCUT2D eigenvalue weighted by Crippen LogP contribution is 2.29. The van der Waals surface area contributed by atoms with Crippen molar-refractivity contribution >= 4 is 10.8 Å². The standard InChI is InChI=1S/C22H22F3N/c1-16(20-13-5-10-18-9-2-3-12-21(18)20)26-14-6-8-17-7-4-11-19(15-17)22(23,24)25/h2-5,7,9-13,15-16,26H,6,8,14H2,1H3/t16-/m1/s1/i2D,3D,4D,5D. The van der Waals surface area contributed by atoms with Gasteiger partial charge in [0.15, 0.2) is 0 Å². The van der Waals surface area contributed by atoms with Crippen LogP contribution in [0.4, 0.5) is 13.2 Å². The molecule has 0 fully saturated rings. The average molecular weight is 361 g/mol. The van der Waals surface area contributed by atoms with Crippen molar-refractivity contribution in [3.8, 4) is 0 Å². The maximum absolute atomic E-state index is 12.9. The van der Waals surface area contributed by atoms with E-state index in [1.54, 1.807) is 24.3 Å². The first-order valence-electron chi connectivity index (χ1n) is 10.5. The lowest BCUT2D eigenvalue weighted by Gasteiger charge is -2.17. The molecule has 0 bridgehead atoms. The number of benzene rings is 3. The highest BCUT2D eigenvalue weighted by Gasteiger charge is 2.30. The summed E-state index contributed by atoms with van der Waals surface area (Å²) < 4.78 is 70.0. The van der Waals surface area contributed by atoms with Gasteiger partial charge >= 0.3 is 6.18 Å². The Balaban J connectivity index is 1.68. The largest absolute Gasteiger partial charge is 0.416 e. The topological polar surface area (TPSA) is 12.0 Å². The van der Waals surface area contributed by atoms with Crippen LogP contribution in [0.2, 0.25) is 0 Å². The Morgan fingerprint density at radius 3 is 2.54 bits per heavy atom. The van der Waals surface area contributed by atoms with Gasteiger partial charge in [0.2, 0.25) is 0 Å². The Bertz CT molecular complexity index is 1070. The highest BCUT2D eigenvalue weighted by atomic mass is 19.4. The Labute approximate surface area is 157 Å². The molecule has 0 aliphatic carbocycles. The first-order valence-corrected chi connectivity index (χ1v) is 8.47. The summed E-state index contributed by atoms with van der Waals surface area (Å²) in [6.45, 7) is 2.47. The van der Waals surface area contributed by atoms with E-state index in [4.69, 9.17) is 5.48 Å². The zero-order chi connectivity index (χ0) is 22.1. The molecule has 3 rings (SSSR count). The van der Waals surface area contributed by atoms with Crippen molar-refractivity contribution in [1.29, 1.82) is 0 Å². The van der Waals surface area contributed by atoms with E-state index in [1.165, 1.54) is 6.07 Å². The molecule has 1 nitrogen and oxygen atoms in total. The van der Waals surface area contributed by atoms with Crippen LogP contribution in [-0.2, 0) is 12.6 Å². The van der Waals surface area contributed by atoms with E-state index in [1.807, 2.05) is 6.92 Å². The summed E-state index contributed by atoms with van der Waals surface area (Å²) in [6.07, 6.45) is -3.46. The van der Waals surface area contributed by atoms with E-state index in [0.717, 1.165) is 28.5 Å². The maximum atomic E-state index is 12.9. The summed E-state index contributed by atoms with van der Waals surface area (Å²) in [4.78, 5) is 0. The number of fused-ring (bicyclic) bond motifs is 1. The van der Waals surface area contributed by atoms with Crippen LogP contribution in [0.1, 0.15) is 41.6 Å². The molecule has 0 saturated heterocycles. The normalized spacial score (nSPS) is 15.2. The van der Waals surface area contributed by atoms with Gasteiger partial charge in [-0.1, -0.05) is 60.6 Å². The molecular weight excluding hydrogens is 335 g/mol. The van der Waals surface area contributed by atoms with Gasteiger partial charge < -0.3 is 5.32 Å². The molecule has 0 spiro atoms. The van der Waals surface area contributed by atoms with Gasteiger partial charge in [-0.05, 0) is 54.3 Å². The lowest BCUT2D eigenvalue weighted by molar-refractivity contribution is -0.137. The summed E-state index contributed by atoms with van der Waals surface area (Å²) >= 11 is 0. The van der Waals surface area contributed by atoms with Crippen LogP contribution in [0.15, 0.2) is 66.6 Å². The smallest absolute Gasteiger partial charge is 0.310 e. The molecule has 3 aromatic rings. The van der Waals surface area contributed by atoms with Gasteiger partial charge in [0.25, 0.3) is 0 Å². The Morgan fingerprint density at radius 2 is 1.73 bits per heavy atom. The molecule has 0 saturated carbocycles. The van der Waals surface area contributed by atoms with Crippen molar-refractivity contribution in [2.75, 3.05) is 6.54 Å². The molecule has 0 aromatic heterocycles. The number of alkyl halides is 3. The lowest BCUT2D eigenvalue weighted by Crippen LogP contribution is -2.20. The van der Waals surface area contributed by atoms with E-state index < -0.39 is 11.7 Å². The molecule has 4 heteroatoms. The highest BCUT2D eigenvalue weighted by molar-refractivity contribution is 5.86. The van der Waals surface area contributed by atoms with Crippen molar-refractivity contribution in [3.05, 3.63) is 83.3 Å². The maximum Gasteiger partial charge on any atom is 0.416 e. The number of rotatable bonds is 6. The first kappa shape index (κ1) is 13.8. The molecule has 26 heavy (non-hydrogen) atoms. The van der Waals surface area contributed by atoms with Crippen molar-refractivity contribution in [1.82, 2.24) is 5.32 Å². The quantitative estimate of drug-likeness (QED) is 0.520. The van der Waals surface area contributed by atoms with Gasteiger partial charge in [0.1, 0.15) is 0 Å². The summed E-state index contributed by atoms with van der Waals surface area (Å²) in [5.74, 6) is 0. The third-order valence-corrected chi connectivity index (χ3v) is 4.36. The van der Waals surface area contributed by atoms with Crippen molar-refractivity contribution in [2.45, 2.75) is 32.0 Å². The minimum Gasteiger partial charge on any atom is -0.310 e. The molecule has 136 valence electrons.